The summed E-state index contributed by atoms with van der Waals surface area (Å²) in [6, 6.07) is 23.9. The van der Waals surface area contributed by atoms with Crippen LogP contribution in [0.25, 0.3) is 0 Å². The molecule has 0 saturated carbocycles. The van der Waals surface area contributed by atoms with Crippen molar-refractivity contribution in [2.45, 2.75) is 18.8 Å². The van der Waals surface area contributed by atoms with Gasteiger partial charge in [0.25, 0.3) is 0 Å². The third kappa shape index (κ3) is 4.90. The van der Waals surface area contributed by atoms with Crippen LogP contribution in [0, 0.1) is 0 Å². The van der Waals surface area contributed by atoms with E-state index in [1.54, 1.807) is 6.07 Å². The number of thiophene rings is 1. The Kier molecular flexibility index (Phi) is 6.34. The van der Waals surface area contributed by atoms with E-state index in [9.17, 15) is 9.59 Å². The Morgan fingerprint density at radius 1 is 0.808 bits per heavy atom. The summed E-state index contributed by atoms with van der Waals surface area (Å²) in [6.45, 7) is 0.514. The lowest BCUT2D eigenvalue weighted by molar-refractivity contribution is -0.121. The van der Waals surface area contributed by atoms with E-state index in [-0.39, 0.29) is 30.4 Å². The molecule has 0 bridgehead atoms. The molecule has 3 rings (SSSR count). The quantitative estimate of drug-likeness (QED) is 0.592. The zero-order valence-corrected chi connectivity index (χ0v) is 15.2. The summed E-state index contributed by atoms with van der Waals surface area (Å²) in [7, 11) is 0. The number of rotatable bonds is 8. The predicted octanol–water partition coefficient (Wildman–Crippen LogP) is 4.66. The lowest BCUT2D eigenvalue weighted by Crippen LogP contribution is -2.29. The van der Waals surface area contributed by atoms with Crippen molar-refractivity contribution in [1.82, 2.24) is 5.32 Å². The maximum absolute atomic E-state index is 12.2. The number of amides is 1. The zero-order chi connectivity index (χ0) is 18.2. The van der Waals surface area contributed by atoms with Crippen LogP contribution in [0.5, 0.6) is 0 Å². The van der Waals surface area contributed by atoms with Crippen molar-refractivity contribution >= 4 is 23.0 Å². The van der Waals surface area contributed by atoms with Gasteiger partial charge in [-0.25, -0.2) is 0 Å². The minimum atomic E-state index is -0.0910. The number of nitrogens with one attached hydrogen (secondary N) is 1. The second-order valence-electron chi connectivity index (χ2n) is 6.08. The van der Waals surface area contributed by atoms with Gasteiger partial charge >= 0.3 is 0 Å². The van der Waals surface area contributed by atoms with Gasteiger partial charge in [-0.1, -0.05) is 66.7 Å². The fourth-order valence-corrected chi connectivity index (χ4v) is 3.59. The number of hydrogen-bond acceptors (Lipinski definition) is 3. The summed E-state index contributed by atoms with van der Waals surface area (Å²) in [4.78, 5) is 25.0. The number of hydrogen-bond donors (Lipinski definition) is 1. The summed E-state index contributed by atoms with van der Waals surface area (Å²) < 4.78 is 0. The van der Waals surface area contributed by atoms with Gasteiger partial charge < -0.3 is 5.32 Å². The molecule has 0 atom stereocenters. The first-order chi connectivity index (χ1) is 12.7. The lowest BCUT2D eigenvalue weighted by Gasteiger charge is -2.19. The Morgan fingerprint density at radius 2 is 1.42 bits per heavy atom. The molecule has 1 heterocycles. The molecule has 0 aliphatic heterocycles. The van der Waals surface area contributed by atoms with Crippen molar-refractivity contribution in [1.29, 1.82) is 0 Å². The van der Waals surface area contributed by atoms with Gasteiger partial charge in [0.1, 0.15) is 0 Å². The molecule has 26 heavy (non-hydrogen) atoms. The molecule has 0 aliphatic rings. The monoisotopic (exact) mass is 363 g/mol. The van der Waals surface area contributed by atoms with Gasteiger partial charge in [0.05, 0.1) is 4.88 Å². The topological polar surface area (TPSA) is 46.2 Å². The van der Waals surface area contributed by atoms with E-state index in [0.717, 1.165) is 11.1 Å². The average Bonchev–Trinajstić information content (AvgIpc) is 3.23. The highest BCUT2D eigenvalue weighted by molar-refractivity contribution is 7.12. The molecule has 1 N–H and O–H groups in total. The standard InChI is InChI=1S/C22H21NO2S/c24-20(21-12-7-15-26-21)13-14-22(25)23-16-19(17-8-3-1-4-9-17)18-10-5-2-6-11-18/h1-12,15,19H,13-14,16H2,(H,23,25). The molecule has 4 heteroatoms. The van der Waals surface area contributed by atoms with Crippen LogP contribution in [0.1, 0.15) is 39.6 Å². The molecule has 3 nitrogen and oxygen atoms in total. The molecule has 0 aliphatic carbocycles. The van der Waals surface area contributed by atoms with Crippen LogP contribution in [0.4, 0.5) is 0 Å². The summed E-state index contributed by atoms with van der Waals surface area (Å²) >= 11 is 1.41. The third-order valence-corrected chi connectivity index (χ3v) is 5.19. The number of Topliss-reactive ketones (excluding diaryl/α,β-unsaturated/α-hetero) is 1. The van der Waals surface area contributed by atoms with Crippen molar-refractivity contribution < 1.29 is 9.59 Å². The largest absolute Gasteiger partial charge is 0.355 e. The molecule has 0 saturated heterocycles. The van der Waals surface area contributed by atoms with Gasteiger partial charge in [-0.2, -0.15) is 0 Å². The summed E-state index contributed by atoms with van der Waals surface area (Å²) in [5, 5.41) is 4.87. The van der Waals surface area contributed by atoms with E-state index in [2.05, 4.69) is 29.6 Å². The van der Waals surface area contributed by atoms with Gasteiger partial charge in [-0.3, -0.25) is 9.59 Å². The maximum atomic E-state index is 12.2. The third-order valence-electron chi connectivity index (χ3n) is 4.28. The van der Waals surface area contributed by atoms with Crippen LogP contribution >= 0.6 is 11.3 Å². The first kappa shape index (κ1) is 18.1. The van der Waals surface area contributed by atoms with Gasteiger partial charge in [0.15, 0.2) is 5.78 Å². The van der Waals surface area contributed by atoms with E-state index in [1.165, 1.54) is 11.3 Å². The number of benzene rings is 2. The van der Waals surface area contributed by atoms with Crippen LogP contribution < -0.4 is 5.32 Å². The van der Waals surface area contributed by atoms with Crippen molar-refractivity contribution in [3.8, 4) is 0 Å². The Bertz CT molecular complexity index is 790. The number of ketones is 1. The van der Waals surface area contributed by atoms with E-state index in [1.807, 2.05) is 47.8 Å². The van der Waals surface area contributed by atoms with Gasteiger partial charge in [-0.05, 0) is 22.6 Å². The van der Waals surface area contributed by atoms with Gasteiger partial charge in [0, 0.05) is 25.3 Å². The normalized spacial score (nSPS) is 10.7. The van der Waals surface area contributed by atoms with E-state index in [4.69, 9.17) is 0 Å². The van der Waals surface area contributed by atoms with E-state index in [0.29, 0.717) is 11.4 Å². The Balaban J connectivity index is 1.59. The molecular formula is C22H21NO2S. The Hall–Kier alpha value is -2.72. The fraction of sp³-hybridized carbons (Fsp3) is 0.182. The van der Waals surface area contributed by atoms with Crippen molar-refractivity contribution in [2.24, 2.45) is 0 Å². The van der Waals surface area contributed by atoms with Crippen LogP contribution in [-0.4, -0.2) is 18.2 Å². The second-order valence-corrected chi connectivity index (χ2v) is 7.03. The van der Waals surface area contributed by atoms with Crippen molar-refractivity contribution in [3.05, 3.63) is 94.2 Å². The molecule has 0 radical (unpaired) electrons. The fourth-order valence-electron chi connectivity index (χ4n) is 2.89. The highest BCUT2D eigenvalue weighted by Gasteiger charge is 2.16. The number of carbonyl (C=O) groups excluding carboxylic acids is 2. The van der Waals surface area contributed by atoms with E-state index < -0.39 is 0 Å². The van der Waals surface area contributed by atoms with Gasteiger partial charge in [0.2, 0.25) is 5.91 Å². The van der Waals surface area contributed by atoms with Crippen LogP contribution in [0.2, 0.25) is 0 Å². The molecule has 0 spiro atoms. The zero-order valence-electron chi connectivity index (χ0n) is 14.4. The lowest BCUT2D eigenvalue weighted by atomic mass is 9.91. The van der Waals surface area contributed by atoms with Crippen molar-refractivity contribution in [3.63, 3.8) is 0 Å². The maximum Gasteiger partial charge on any atom is 0.220 e. The molecule has 1 aromatic heterocycles. The molecule has 3 aromatic rings. The average molecular weight is 363 g/mol. The molecule has 0 fully saturated rings. The first-order valence-corrected chi connectivity index (χ1v) is 9.55. The van der Waals surface area contributed by atoms with Crippen molar-refractivity contribution in [2.75, 3.05) is 6.54 Å². The Morgan fingerprint density at radius 3 is 1.96 bits per heavy atom. The van der Waals surface area contributed by atoms with Gasteiger partial charge in [-0.15, -0.1) is 11.3 Å². The van der Waals surface area contributed by atoms with E-state index >= 15 is 0 Å². The molecule has 132 valence electrons. The van der Waals surface area contributed by atoms with Crippen LogP contribution in [0.3, 0.4) is 0 Å². The molecule has 0 unspecified atom stereocenters. The summed E-state index contributed by atoms with van der Waals surface area (Å²) in [5.41, 5.74) is 2.32. The summed E-state index contributed by atoms with van der Waals surface area (Å²) in [6.07, 6.45) is 0.459. The minimum absolute atomic E-state index is 0.0258. The Labute approximate surface area is 157 Å². The SMILES string of the molecule is O=C(CCC(=O)c1cccs1)NCC(c1ccccc1)c1ccccc1. The second kappa shape index (κ2) is 9.11. The van der Waals surface area contributed by atoms with Crippen LogP contribution in [0.15, 0.2) is 78.2 Å². The highest BCUT2D eigenvalue weighted by atomic mass is 32.1. The highest BCUT2D eigenvalue weighted by Crippen LogP contribution is 2.23. The molecular weight excluding hydrogens is 342 g/mol. The van der Waals surface area contributed by atoms with Crippen LogP contribution in [-0.2, 0) is 4.79 Å². The molecule has 1 amide bonds. The smallest absolute Gasteiger partial charge is 0.220 e. The summed E-state index contributed by atoms with van der Waals surface area (Å²) in [5.74, 6) is 0.0268. The number of carbonyl (C=O) groups is 2. The first-order valence-electron chi connectivity index (χ1n) is 8.67. The molecule has 2 aromatic carbocycles. The predicted molar refractivity (Wildman–Crippen MR) is 106 cm³/mol. The minimum Gasteiger partial charge on any atom is -0.355 e.